The third-order valence-corrected chi connectivity index (χ3v) is 17.3. The lowest BCUT2D eigenvalue weighted by Crippen LogP contribution is -2.11. The standard InChI is InChI=1S/C72H68N4O2S/c1-5-9-21-49(7-3)47-74-64-30-20-18-28-62(64)69-67(55-37-33-53(34-38-55)65-44-43-60(79-65)45-56(46-73)72(77)78)71-68(61-27-17-19-29-63(61)75(71)48-50(8-4)22-10-6-2)66(70(69)74)54-35-31-51(32-36-54)52-39-41-59(42-40-52)76(57-23-13-11-14-24-57)58-25-15-12-16-26-58/h11-20,23-45,49-50H,5-10,21-22,47-48H2,1-4H3,(H,77,78)/b56-45-. The largest absolute Gasteiger partial charge is 0.477 e. The summed E-state index contributed by atoms with van der Waals surface area (Å²) in [4.78, 5) is 15.8. The second kappa shape index (κ2) is 23.7. The predicted octanol–water partition coefficient (Wildman–Crippen LogP) is 20.5. The molecule has 394 valence electrons. The molecule has 3 heterocycles. The molecule has 2 atom stereocenters. The van der Waals surface area contributed by atoms with E-state index in [1.54, 1.807) is 0 Å². The van der Waals surface area contributed by atoms with Crippen molar-refractivity contribution in [3.05, 3.63) is 205 Å². The highest BCUT2D eigenvalue weighted by Gasteiger charge is 2.29. The highest BCUT2D eigenvalue weighted by atomic mass is 32.1. The minimum absolute atomic E-state index is 0.276. The molecule has 0 spiro atoms. The number of carboxylic acids is 1. The van der Waals surface area contributed by atoms with Crippen LogP contribution in [0.15, 0.2) is 200 Å². The molecular weight excluding hydrogens is 985 g/mol. The van der Waals surface area contributed by atoms with Gasteiger partial charge in [-0.2, -0.15) is 5.26 Å². The number of aliphatic carboxylic acids is 1. The van der Waals surface area contributed by atoms with Crippen molar-refractivity contribution in [2.24, 2.45) is 11.8 Å². The maximum Gasteiger partial charge on any atom is 0.346 e. The molecule has 6 nitrogen and oxygen atoms in total. The molecule has 0 aliphatic heterocycles. The molecule has 11 rings (SSSR count). The summed E-state index contributed by atoms with van der Waals surface area (Å²) in [5.41, 5.74) is 16.4. The number of unbranched alkanes of at least 4 members (excludes halogenated alkanes) is 2. The average molecular weight is 1050 g/mol. The Morgan fingerprint density at radius 1 is 0.532 bits per heavy atom. The minimum Gasteiger partial charge on any atom is -0.477 e. The van der Waals surface area contributed by atoms with E-state index in [1.165, 1.54) is 122 Å². The molecule has 0 amide bonds. The van der Waals surface area contributed by atoms with Gasteiger partial charge in [0.15, 0.2) is 0 Å². The second-order valence-electron chi connectivity index (χ2n) is 21.2. The number of carbonyl (C=O) groups is 1. The number of nitrogens with zero attached hydrogens (tertiary/aromatic N) is 4. The molecule has 0 saturated carbocycles. The lowest BCUT2D eigenvalue weighted by molar-refractivity contribution is -0.132. The third kappa shape index (κ3) is 10.4. The van der Waals surface area contributed by atoms with Crippen molar-refractivity contribution in [2.45, 2.75) is 92.2 Å². The van der Waals surface area contributed by atoms with Crippen LogP contribution in [-0.2, 0) is 17.9 Å². The van der Waals surface area contributed by atoms with Gasteiger partial charge in [0.1, 0.15) is 11.6 Å². The van der Waals surface area contributed by atoms with Crippen LogP contribution in [0, 0.1) is 23.2 Å². The summed E-state index contributed by atoms with van der Waals surface area (Å²) in [6.07, 6.45) is 10.8. The van der Waals surface area contributed by atoms with Gasteiger partial charge in [0.2, 0.25) is 0 Å². The van der Waals surface area contributed by atoms with E-state index in [0.717, 1.165) is 69.4 Å². The molecule has 1 N–H and O–H groups in total. The van der Waals surface area contributed by atoms with E-state index >= 15 is 0 Å². The Morgan fingerprint density at radius 2 is 0.949 bits per heavy atom. The number of para-hydroxylation sites is 4. The smallest absolute Gasteiger partial charge is 0.346 e. The predicted molar refractivity (Wildman–Crippen MR) is 335 cm³/mol. The number of rotatable bonds is 21. The maximum atomic E-state index is 11.7. The van der Waals surface area contributed by atoms with Gasteiger partial charge < -0.3 is 19.1 Å². The Morgan fingerprint density at radius 3 is 1.39 bits per heavy atom. The van der Waals surface area contributed by atoms with Crippen LogP contribution in [0.3, 0.4) is 0 Å². The van der Waals surface area contributed by atoms with Gasteiger partial charge in [-0.1, -0.05) is 200 Å². The molecule has 0 aliphatic rings. The molecule has 79 heavy (non-hydrogen) atoms. The van der Waals surface area contributed by atoms with E-state index in [-0.39, 0.29) is 5.57 Å². The second-order valence-corrected chi connectivity index (χ2v) is 22.3. The van der Waals surface area contributed by atoms with Gasteiger partial charge in [-0.3, -0.25) is 0 Å². The van der Waals surface area contributed by atoms with Crippen molar-refractivity contribution in [3.63, 3.8) is 0 Å². The fourth-order valence-corrected chi connectivity index (χ4v) is 13.0. The monoisotopic (exact) mass is 1050 g/mol. The Balaban J connectivity index is 1.15. The first-order chi connectivity index (χ1) is 38.8. The third-order valence-electron chi connectivity index (χ3n) is 16.3. The summed E-state index contributed by atoms with van der Waals surface area (Å²) < 4.78 is 5.40. The van der Waals surface area contributed by atoms with E-state index in [0.29, 0.717) is 11.8 Å². The van der Waals surface area contributed by atoms with Crippen LogP contribution < -0.4 is 4.90 Å². The fourth-order valence-electron chi connectivity index (χ4n) is 12.1. The van der Waals surface area contributed by atoms with Crippen LogP contribution in [0.25, 0.3) is 93.5 Å². The quantitative estimate of drug-likeness (QED) is 0.0575. The Bertz CT molecular complexity index is 3940. The molecule has 0 radical (unpaired) electrons. The molecule has 0 saturated heterocycles. The zero-order chi connectivity index (χ0) is 54.4. The van der Waals surface area contributed by atoms with Gasteiger partial charge in [0, 0.05) is 83.6 Å². The number of nitriles is 1. The highest BCUT2D eigenvalue weighted by molar-refractivity contribution is 7.16. The number of hydrogen-bond acceptors (Lipinski definition) is 4. The number of carboxylic acid groups (broad SMARTS) is 1. The van der Waals surface area contributed by atoms with E-state index < -0.39 is 5.97 Å². The van der Waals surface area contributed by atoms with Crippen LogP contribution in [0.1, 0.15) is 83.9 Å². The maximum absolute atomic E-state index is 11.7. The molecular formula is C72H68N4O2S. The van der Waals surface area contributed by atoms with Crippen molar-refractivity contribution in [1.82, 2.24) is 9.13 Å². The number of thiophene rings is 1. The Hall–Kier alpha value is -8.44. The van der Waals surface area contributed by atoms with E-state index in [4.69, 9.17) is 0 Å². The topological polar surface area (TPSA) is 74.2 Å². The zero-order valence-electron chi connectivity index (χ0n) is 45.8. The van der Waals surface area contributed by atoms with Crippen LogP contribution >= 0.6 is 11.3 Å². The SMILES string of the molecule is CCCCC(CC)Cn1c2ccccc2c2c(-c3ccc(-c4ccc(/C=C(/C#N)C(=O)O)s4)cc3)c3c(c(-c4ccc(-c5ccc(N(c6ccccc6)c6ccccc6)cc5)cc4)c21)c1ccccc1n3CC(CC)CCCC. The number of fused-ring (bicyclic) bond motifs is 6. The van der Waals surface area contributed by atoms with Gasteiger partial charge in [-0.05, 0) is 119 Å². The summed E-state index contributed by atoms with van der Waals surface area (Å²) in [5.74, 6) is -0.216. The van der Waals surface area contributed by atoms with Crippen molar-refractivity contribution in [2.75, 3.05) is 4.90 Å². The van der Waals surface area contributed by atoms with Crippen LogP contribution in [-0.4, -0.2) is 20.2 Å². The van der Waals surface area contributed by atoms with Crippen molar-refractivity contribution in [1.29, 1.82) is 5.26 Å². The van der Waals surface area contributed by atoms with E-state index in [9.17, 15) is 15.2 Å². The number of aromatic nitrogens is 2. The van der Waals surface area contributed by atoms with Gasteiger partial charge in [0.25, 0.3) is 0 Å². The Labute approximate surface area is 469 Å². The minimum atomic E-state index is -1.22. The molecule has 0 aliphatic carbocycles. The van der Waals surface area contributed by atoms with Crippen LogP contribution in [0.2, 0.25) is 0 Å². The molecule has 0 fully saturated rings. The van der Waals surface area contributed by atoms with Gasteiger partial charge >= 0.3 is 5.97 Å². The normalized spacial score (nSPS) is 12.6. The first kappa shape index (κ1) is 52.6. The summed E-state index contributed by atoms with van der Waals surface area (Å²) in [7, 11) is 0. The zero-order valence-corrected chi connectivity index (χ0v) is 46.6. The van der Waals surface area contributed by atoms with E-state index in [1.807, 2.05) is 18.2 Å². The average Bonchev–Trinajstić information content (AvgIpc) is 3.36. The molecule has 7 heteroatoms. The van der Waals surface area contributed by atoms with Crippen LogP contribution in [0.5, 0.6) is 0 Å². The van der Waals surface area contributed by atoms with E-state index in [2.05, 4.69) is 224 Å². The van der Waals surface area contributed by atoms with Gasteiger partial charge in [-0.25, -0.2) is 4.79 Å². The fraction of sp³-hybridized carbons (Fsp3) is 0.222. The molecule has 3 aromatic heterocycles. The molecule has 2 unspecified atom stereocenters. The van der Waals surface area contributed by atoms with Crippen LogP contribution in [0.4, 0.5) is 17.1 Å². The Kier molecular flexibility index (Phi) is 15.8. The number of anilines is 3. The number of benzene rings is 8. The van der Waals surface area contributed by atoms with Gasteiger partial charge in [0.05, 0.1) is 11.0 Å². The summed E-state index contributed by atoms with van der Waals surface area (Å²) >= 11 is 1.49. The summed E-state index contributed by atoms with van der Waals surface area (Å²) in [5, 5.41) is 24.2. The first-order valence-electron chi connectivity index (χ1n) is 28.5. The number of hydrogen-bond donors (Lipinski definition) is 1. The van der Waals surface area contributed by atoms with Crippen molar-refractivity contribution < 1.29 is 9.90 Å². The molecule has 11 aromatic rings. The first-order valence-corrected chi connectivity index (χ1v) is 29.3. The van der Waals surface area contributed by atoms with Crippen molar-refractivity contribution >= 4 is 84.1 Å². The summed E-state index contributed by atoms with van der Waals surface area (Å²) in [6, 6.07) is 72.7. The van der Waals surface area contributed by atoms with Crippen molar-refractivity contribution in [3.8, 4) is 49.9 Å². The molecule has 8 aromatic carbocycles. The lowest BCUT2D eigenvalue weighted by atomic mass is 9.88. The highest BCUT2D eigenvalue weighted by Crippen LogP contribution is 2.52. The summed E-state index contributed by atoms with van der Waals surface area (Å²) in [6.45, 7) is 11.2. The van der Waals surface area contributed by atoms with Gasteiger partial charge in [-0.15, -0.1) is 11.3 Å². The lowest BCUT2D eigenvalue weighted by Gasteiger charge is -2.25. The molecule has 0 bridgehead atoms.